The number of aliphatic hydroxyl groups excluding tert-OH is 1. The minimum absolute atomic E-state index is 0. The van der Waals surface area contributed by atoms with Crippen LogP contribution in [-0.4, -0.2) is 15.1 Å². The van der Waals surface area contributed by atoms with E-state index in [4.69, 9.17) is 10.5 Å². The fraction of sp³-hybridized carbons (Fsp3) is 0.231. The topological polar surface area (TPSA) is 101 Å². The van der Waals surface area contributed by atoms with Gasteiger partial charge in [0.05, 0.1) is 12.4 Å². The average molecular weight is 298 g/mol. The summed E-state index contributed by atoms with van der Waals surface area (Å²) in [5, 5.41) is 9.77. The Balaban J connectivity index is 0.00000200. The van der Waals surface area contributed by atoms with Gasteiger partial charge < -0.3 is 20.6 Å². The Morgan fingerprint density at radius 1 is 1.50 bits per heavy atom. The Labute approximate surface area is 122 Å². The maximum absolute atomic E-state index is 11.3. The maximum atomic E-state index is 11.3. The van der Waals surface area contributed by atoms with E-state index in [0.29, 0.717) is 12.2 Å². The molecule has 20 heavy (non-hydrogen) atoms. The maximum Gasteiger partial charge on any atom is 0.277 e. The second kappa shape index (κ2) is 6.93. The number of anilines is 1. The molecule has 2 aromatic rings. The molecular weight excluding hydrogens is 282 g/mol. The van der Waals surface area contributed by atoms with Crippen LogP contribution in [0.2, 0.25) is 0 Å². The zero-order chi connectivity index (χ0) is 13.8. The van der Waals surface area contributed by atoms with Crippen LogP contribution in [0.15, 0.2) is 35.4 Å². The van der Waals surface area contributed by atoms with Gasteiger partial charge in [-0.25, -0.2) is 4.98 Å². The third kappa shape index (κ3) is 3.49. The van der Waals surface area contributed by atoms with Gasteiger partial charge >= 0.3 is 0 Å². The van der Waals surface area contributed by atoms with Gasteiger partial charge in [0.25, 0.3) is 5.56 Å². The first kappa shape index (κ1) is 16.0. The van der Waals surface area contributed by atoms with E-state index in [1.165, 1.54) is 6.33 Å². The molecule has 6 nitrogen and oxygen atoms in total. The van der Waals surface area contributed by atoms with Crippen LogP contribution in [0, 0.1) is 0 Å². The summed E-state index contributed by atoms with van der Waals surface area (Å²) < 4.78 is 5.46. The van der Waals surface area contributed by atoms with Gasteiger partial charge in [-0.3, -0.25) is 4.79 Å². The summed E-state index contributed by atoms with van der Waals surface area (Å²) in [6, 6.07) is 6.95. The van der Waals surface area contributed by atoms with Gasteiger partial charge in [0, 0.05) is 0 Å². The summed E-state index contributed by atoms with van der Waals surface area (Å²) in [4.78, 5) is 17.5. The Bertz CT molecular complexity index is 630. The molecule has 1 heterocycles. The van der Waals surface area contributed by atoms with Crippen LogP contribution < -0.4 is 16.0 Å². The summed E-state index contributed by atoms with van der Waals surface area (Å²) in [5.74, 6) is 0.515. The van der Waals surface area contributed by atoms with E-state index in [1.807, 2.05) is 6.92 Å². The van der Waals surface area contributed by atoms with Crippen LogP contribution >= 0.6 is 12.4 Å². The van der Waals surface area contributed by atoms with Crippen molar-refractivity contribution in [3.05, 3.63) is 46.5 Å². The van der Waals surface area contributed by atoms with E-state index < -0.39 is 11.7 Å². The monoisotopic (exact) mass is 297 g/mol. The average Bonchev–Trinajstić information content (AvgIpc) is 2.43. The number of ether oxygens (including phenoxy) is 1. The molecule has 0 saturated heterocycles. The molecule has 1 aromatic carbocycles. The Morgan fingerprint density at radius 3 is 2.95 bits per heavy atom. The highest BCUT2D eigenvalue weighted by Gasteiger charge is 2.09. The standard InChI is InChI=1S/C13H15N3O3.ClH/c1-2-10(17)8-4-3-5-9(6-8)19-13-11(14)12(18)15-7-16-13;/h3-7,10,17H,2,14H2,1H3,(H,15,16,18);1H. The highest BCUT2D eigenvalue weighted by atomic mass is 35.5. The molecule has 0 bridgehead atoms. The molecule has 108 valence electrons. The number of H-pyrrole nitrogens is 1. The lowest BCUT2D eigenvalue weighted by Gasteiger charge is -2.11. The van der Waals surface area contributed by atoms with E-state index in [2.05, 4.69) is 9.97 Å². The first-order chi connectivity index (χ1) is 9.11. The predicted octanol–water partition coefficient (Wildman–Crippen LogP) is 2.01. The van der Waals surface area contributed by atoms with E-state index in [1.54, 1.807) is 24.3 Å². The molecule has 2 rings (SSSR count). The van der Waals surface area contributed by atoms with Crippen molar-refractivity contribution in [1.82, 2.24) is 9.97 Å². The van der Waals surface area contributed by atoms with Crippen molar-refractivity contribution in [2.24, 2.45) is 0 Å². The lowest BCUT2D eigenvalue weighted by atomic mass is 10.1. The number of rotatable bonds is 4. The number of nitrogen functional groups attached to an aromatic ring is 1. The summed E-state index contributed by atoms with van der Waals surface area (Å²) in [6.45, 7) is 1.88. The quantitative estimate of drug-likeness (QED) is 0.801. The number of benzene rings is 1. The van der Waals surface area contributed by atoms with Crippen LogP contribution in [0.4, 0.5) is 5.69 Å². The molecule has 0 aliphatic carbocycles. The van der Waals surface area contributed by atoms with Crippen molar-refractivity contribution in [1.29, 1.82) is 0 Å². The number of halogens is 1. The van der Waals surface area contributed by atoms with Crippen LogP contribution in [0.5, 0.6) is 11.6 Å². The Morgan fingerprint density at radius 2 is 2.25 bits per heavy atom. The number of nitrogens with one attached hydrogen (secondary N) is 1. The first-order valence-corrected chi connectivity index (χ1v) is 5.91. The zero-order valence-electron chi connectivity index (χ0n) is 10.9. The number of aromatic amines is 1. The molecule has 0 spiro atoms. The van der Waals surface area contributed by atoms with Crippen molar-refractivity contribution in [3.8, 4) is 11.6 Å². The van der Waals surface area contributed by atoms with Crippen molar-refractivity contribution in [3.63, 3.8) is 0 Å². The number of nitrogens with two attached hydrogens (primary N) is 1. The molecule has 0 amide bonds. The number of hydrogen-bond acceptors (Lipinski definition) is 5. The molecule has 1 unspecified atom stereocenters. The second-order valence-electron chi connectivity index (χ2n) is 4.05. The fourth-order valence-corrected chi connectivity index (χ4v) is 1.61. The zero-order valence-corrected chi connectivity index (χ0v) is 11.7. The summed E-state index contributed by atoms with van der Waals surface area (Å²) in [7, 11) is 0. The highest BCUT2D eigenvalue weighted by molar-refractivity contribution is 5.85. The number of aliphatic hydroxyl groups is 1. The normalized spacial score (nSPS) is 11.5. The summed E-state index contributed by atoms with van der Waals surface area (Å²) in [5.41, 5.74) is 5.78. The van der Waals surface area contributed by atoms with E-state index in [0.717, 1.165) is 5.56 Å². The number of nitrogens with zero attached hydrogens (tertiary/aromatic N) is 1. The highest BCUT2D eigenvalue weighted by Crippen LogP contribution is 2.26. The van der Waals surface area contributed by atoms with Crippen molar-refractivity contribution in [2.75, 3.05) is 5.73 Å². The molecule has 0 aliphatic heterocycles. The molecule has 1 atom stereocenters. The van der Waals surface area contributed by atoms with E-state index >= 15 is 0 Å². The van der Waals surface area contributed by atoms with Crippen molar-refractivity contribution < 1.29 is 9.84 Å². The van der Waals surface area contributed by atoms with Crippen LogP contribution in [0.25, 0.3) is 0 Å². The summed E-state index contributed by atoms with van der Waals surface area (Å²) >= 11 is 0. The van der Waals surface area contributed by atoms with Crippen LogP contribution in [-0.2, 0) is 0 Å². The van der Waals surface area contributed by atoms with Gasteiger partial charge in [0.2, 0.25) is 5.88 Å². The van der Waals surface area contributed by atoms with E-state index in [-0.39, 0.29) is 24.0 Å². The smallest absolute Gasteiger partial charge is 0.277 e. The van der Waals surface area contributed by atoms with Crippen molar-refractivity contribution >= 4 is 18.1 Å². The molecule has 0 fully saturated rings. The largest absolute Gasteiger partial charge is 0.437 e. The molecule has 0 aliphatic rings. The van der Waals surface area contributed by atoms with Gasteiger partial charge in [-0.05, 0) is 24.1 Å². The van der Waals surface area contributed by atoms with Gasteiger partial charge in [-0.1, -0.05) is 19.1 Å². The minimum Gasteiger partial charge on any atom is -0.437 e. The predicted molar refractivity (Wildman–Crippen MR) is 78.3 cm³/mol. The van der Waals surface area contributed by atoms with Crippen LogP contribution in [0.3, 0.4) is 0 Å². The second-order valence-corrected chi connectivity index (χ2v) is 4.05. The molecule has 0 saturated carbocycles. The summed E-state index contributed by atoms with van der Waals surface area (Å²) in [6.07, 6.45) is 1.28. The van der Waals surface area contributed by atoms with Crippen LogP contribution in [0.1, 0.15) is 25.0 Å². The lowest BCUT2D eigenvalue weighted by Crippen LogP contribution is -2.13. The third-order valence-electron chi connectivity index (χ3n) is 2.70. The molecular formula is C13H16ClN3O3. The Kier molecular flexibility index (Phi) is 5.54. The SMILES string of the molecule is CCC(O)c1cccc(Oc2nc[nH]c(=O)c2N)c1.Cl. The Hall–Kier alpha value is -2.05. The van der Waals surface area contributed by atoms with Gasteiger partial charge in [0.15, 0.2) is 5.69 Å². The van der Waals surface area contributed by atoms with Gasteiger partial charge in [-0.2, -0.15) is 0 Å². The fourth-order valence-electron chi connectivity index (χ4n) is 1.61. The molecule has 4 N–H and O–H groups in total. The molecule has 0 radical (unpaired) electrons. The molecule has 7 heteroatoms. The minimum atomic E-state index is -0.548. The lowest BCUT2D eigenvalue weighted by molar-refractivity contribution is 0.173. The van der Waals surface area contributed by atoms with Gasteiger partial charge in [-0.15, -0.1) is 12.4 Å². The first-order valence-electron chi connectivity index (χ1n) is 5.91. The van der Waals surface area contributed by atoms with Crippen molar-refractivity contribution in [2.45, 2.75) is 19.4 Å². The molecule has 1 aromatic heterocycles. The number of hydrogen-bond donors (Lipinski definition) is 3. The number of aromatic nitrogens is 2. The van der Waals surface area contributed by atoms with Gasteiger partial charge in [0.1, 0.15) is 5.75 Å². The van der Waals surface area contributed by atoms with E-state index in [9.17, 15) is 9.90 Å². The third-order valence-corrected chi connectivity index (χ3v) is 2.70.